The zero-order chi connectivity index (χ0) is 24.3. The summed E-state index contributed by atoms with van der Waals surface area (Å²) in [5.41, 5.74) is 0.976. The van der Waals surface area contributed by atoms with E-state index in [1.165, 1.54) is 12.1 Å². The number of nitrogens with one attached hydrogen (secondary N) is 2. The lowest BCUT2D eigenvalue weighted by atomic mass is 9.96. The number of ether oxygens (including phenoxy) is 2. The minimum Gasteiger partial charge on any atom is -0.434 e. The van der Waals surface area contributed by atoms with E-state index in [1.54, 1.807) is 48.2 Å². The normalized spacial score (nSPS) is 13.6. The molecule has 3 amide bonds. The van der Waals surface area contributed by atoms with Gasteiger partial charge in [0, 0.05) is 30.8 Å². The Balaban J connectivity index is 1.36. The average molecular weight is 468 g/mol. The molecule has 0 aromatic heterocycles. The number of hydrogen-bond donors (Lipinski definition) is 2. The number of nitrogens with zero attached hydrogens (tertiary/aromatic N) is 1. The van der Waals surface area contributed by atoms with Crippen LogP contribution in [0.1, 0.15) is 40.5 Å². The van der Waals surface area contributed by atoms with Gasteiger partial charge in [-0.3, -0.25) is 14.4 Å². The molecule has 9 nitrogen and oxygen atoms in total. The van der Waals surface area contributed by atoms with Gasteiger partial charge in [-0.05, 0) is 62.1 Å². The number of hydrogen-bond acceptors (Lipinski definition) is 6. The molecule has 1 saturated heterocycles. The standard InChI is InChI=1S/C25H29N3O6/c1-2-33-25(32)34-21-10-8-20(9-11-21)24(31)26-16-18-12-14-28(15-13-18)22(29)17-27-23(30)19-6-4-3-5-7-19/h3-11,18H,2,12-17H2,1H3,(H,26,31)(H,27,30). The van der Waals surface area contributed by atoms with Crippen molar-refractivity contribution in [1.29, 1.82) is 0 Å². The molecule has 0 aliphatic carbocycles. The molecule has 2 aromatic carbocycles. The molecule has 0 radical (unpaired) electrons. The lowest BCUT2D eigenvalue weighted by Gasteiger charge is -2.32. The van der Waals surface area contributed by atoms with Crippen molar-refractivity contribution >= 4 is 23.9 Å². The molecule has 2 N–H and O–H groups in total. The SMILES string of the molecule is CCOC(=O)Oc1ccc(C(=O)NCC2CCN(C(=O)CNC(=O)c3ccccc3)CC2)cc1. The minimum atomic E-state index is -0.789. The zero-order valence-electron chi connectivity index (χ0n) is 19.1. The van der Waals surface area contributed by atoms with Gasteiger partial charge in [0.05, 0.1) is 13.2 Å². The second-order valence-corrected chi connectivity index (χ2v) is 7.89. The molecular formula is C25H29N3O6. The number of carbonyl (C=O) groups excluding carboxylic acids is 4. The van der Waals surface area contributed by atoms with E-state index in [-0.39, 0.29) is 36.8 Å². The quantitative estimate of drug-likeness (QED) is 0.456. The number of piperidine rings is 1. The van der Waals surface area contributed by atoms with Crippen molar-refractivity contribution in [1.82, 2.24) is 15.5 Å². The molecule has 0 unspecified atom stereocenters. The topological polar surface area (TPSA) is 114 Å². The maximum absolute atomic E-state index is 12.4. The molecule has 3 rings (SSSR count). The summed E-state index contributed by atoms with van der Waals surface area (Å²) in [6.07, 6.45) is 0.749. The third kappa shape index (κ3) is 7.33. The first-order valence-electron chi connectivity index (χ1n) is 11.3. The molecule has 1 fully saturated rings. The summed E-state index contributed by atoms with van der Waals surface area (Å²) in [5, 5.41) is 5.58. The summed E-state index contributed by atoms with van der Waals surface area (Å²) in [4.78, 5) is 50.0. The Morgan fingerprint density at radius 1 is 0.882 bits per heavy atom. The van der Waals surface area contributed by atoms with Crippen LogP contribution in [-0.4, -0.2) is 61.6 Å². The van der Waals surface area contributed by atoms with Crippen molar-refractivity contribution in [2.75, 3.05) is 32.8 Å². The van der Waals surface area contributed by atoms with Gasteiger partial charge >= 0.3 is 6.16 Å². The van der Waals surface area contributed by atoms with Crippen LogP contribution in [0.5, 0.6) is 5.75 Å². The third-order valence-corrected chi connectivity index (χ3v) is 5.53. The van der Waals surface area contributed by atoms with Gasteiger partial charge in [-0.1, -0.05) is 18.2 Å². The molecule has 9 heteroatoms. The van der Waals surface area contributed by atoms with Gasteiger partial charge in [0.25, 0.3) is 11.8 Å². The number of amides is 3. The monoisotopic (exact) mass is 467 g/mol. The smallest absolute Gasteiger partial charge is 0.434 e. The molecule has 1 heterocycles. The van der Waals surface area contributed by atoms with Crippen molar-refractivity contribution in [2.24, 2.45) is 5.92 Å². The highest BCUT2D eigenvalue weighted by Crippen LogP contribution is 2.17. The molecular weight excluding hydrogens is 438 g/mol. The van der Waals surface area contributed by atoms with E-state index in [0.717, 1.165) is 12.8 Å². The van der Waals surface area contributed by atoms with Crippen LogP contribution in [0.15, 0.2) is 54.6 Å². The second kappa shape index (κ2) is 12.4. The van der Waals surface area contributed by atoms with Crippen molar-refractivity contribution in [3.63, 3.8) is 0 Å². The number of rotatable bonds is 8. The first-order valence-corrected chi connectivity index (χ1v) is 11.3. The molecule has 34 heavy (non-hydrogen) atoms. The van der Waals surface area contributed by atoms with Gasteiger partial charge in [0.2, 0.25) is 5.91 Å². The largest absolute Gasteiger partial charge is 0.513 e. The van der Waals surface area contributed by atoms with E-state index < -0.39 is 6.16 Å². The van der Waals surface area contributed by atoms with Crippen LogP contribution in [-0.2, 0) is 9.53 Å². The second-order valence-electron chi connectivity index (χ2n) is 7.89. The maximum Gasteiger partial charge on any atom is 0.513 e. The fourth-order valence-electron chi connectivity index (χ4n) is 3.60. The van der Waals surface area contributed by atoms with Crippen molar-refractivity contribution in [3.05, 3.63) is 65.7 Å². The van der Waals surface area contributed by atoms with E-state index >= 15 is 0 Å². The highest BCUT2D eigenvalue weighted by molar-refractivity contribution is 5.96. The predicted molar refractivity (Wildman–Crippen MR) is 125 cm³/mol. The molecule has 180 valence electrons. The van der Waals surface area contributed by atoms with Gasteiger partial charge in [-0.2, -0.15) is 0 Å². The summed E-state index contributed by atoms with van der Waals surface area (Å²) < 4.78 is 9.69. The van der Waals surface area contributed by atoms with E-state index in [4.69, 9.17) is 9.47 Å². The molecule has 0 bridgehead atoms. The Hall–Kier alpha value is -3.88. The third-order valence-electron chi connectivity index (χ3n) is 5.53. The Morgan fingerprint density at radius 3 is 2.15 bits per heavy atom. The van der Waals surface area contributed by atoms with Crippen LogP contribution >= 0.6 is 0 Å². The van der Waals surface area contributed by atoms with E-state index in [2.05, 4.69) is 10.6 Å². The van der Waals surface area contributed by atoms with Gasteiger partial charge in [-0.15, -0.1) is 0 Å². The van der Waals surface area contributed by atoms with Crippen molar-refractivity contribution < 1.29 is 28.7 Å². The highest BCUT2D eigenvalue weighted by atomic mass is 16.7. The van der Waals surface area contributed by atoms with Crippen LogP contribution in [0.3, 0.4) is 0 Å². The van der Waals surface area contributed by atoms with Crippen LogP contribution in [0.2, 0.25) is 0 Å². The van der Waals surface area contributed by atoms with E-state index in [9.17, 15) is 19.2 Å². The number of benzene rings is 2. The molecule has 0 saturated carbocycles. The summed E-state index contributed by atoms with van der Waals surface area (Å²) in [6, 6.07) is 15.0. The van der Waals surface area contributed by atoms with Crippen LogP contribution in [0.4, 0.5) is 4.79 Å². The number of carbonyl (C=O) groups is 4. The summed E-state index contributed by atoms with van der Waals surface area (Å²) >= 11 is 0. The first-order chi connectivity index (χ1) is 16.5. The lowest BCUT2D eigenvalue weighted by molar-refractivity contribution is -0.131. The maximum atomic E-state index is 12.4. The van der Waals surface area contributed by atoms with E-state index in [0.29, 0.717) is 36.5 Å². The van der Waals surface area contributed by atoms with Crippen LogP contribution in [0, 0.1) is 5.92 Å². The Kier molecular flexibility index (Phi) is 9.02. The molecule has 0 atom stereocenters. The predicted octanol–water partition coefficient (Wildman–Crippen LogP) is 2.62. The Labute approximate surface area is 198 Å². The summed E-state index contributed by atoms with van der Waals surface area (Å²) in [5.74, 6) is -0.0425. The molecule has 1 aliphatic rings. The van der Waals surface area contributed by atoms with Gasteiger partial charge in [0.15, 0.2) is 0 Å². The summed E-state index contributed by atoms with van der Waals surface area (Å²) in [6.45, 7) is 3.54. The van der Waals surface area contributed by atoms with Crippen molar-refractivity contribution in [3.8, 4) is 5.75 Å². The van der Waals surface area contributed by atoms with Crippen molar-refractivity contribution in [2.45, 2.75) is 19.8 Å². The lowest BCUT2D eigenvalue weighted by Crippen LogP contribution is -2.45. The molecule has 1 aliphatic heterocycles. The van der Waals surface area contributed by atoms with Gasteiger partial charge in [-0.25, -0.2) is 4.79 Å². The van der Waals surface area contributed by atoms with Crippen LogP contribution in [0.25, 0.3) is 0 Å². The molecule has 0 spiro atoms. The number of likely N-dealkylation sites (tertiary alicyclic amines) is 1. The molecule has 2 aromatic rings. The minimum absolute atomic E-state index is 0.0367. The van der Waals surface area contributed by atoms with Crippen LogP contribution < -0.4 is 15.4 Å². The van der Waals surface area contributed by atoms with Gasteiger partial charge < -0.3 is 25.0 Å². The van der Waals surface area contributed by atoms with E-state index in [1.807, 2.05) is 6.07 Å². The average Bonchev–Trinajstić information content (AvgIpc) is 2.87. The Morgan fingerprint density at radius 2 is 1.50 bits per heavy atom. The summed E-state index contributed by atoms with van der Waals surface area (Å²) in [7, 11) is 0. The fraction of sp³-hybridized carbons (Fsp3) is 0.360. The Bertz CT molecular complexity index is 985. The van der Waals surface area contributed by atoms with Gasteiger partial charge in [0.1, 0.15) is 5.75 Å². The highest BCUT2D eigenvalue weighted by Gasteiger charge is 2.23. The zero-order valence-corrected chi connectivity index (χ0v) is 19.1. The first kappa shape index (κ1) is 24.8. The fourth-order valence-corrected chi connectivity index (χ4v) is 3.60.